The van der Waals surface area contributed by atoms with Gasteiger partial charge in [-0.05, 0) is 32.8 Å². The van der Waals surface area contributed by atoms with E-state index >= 15 is 0 Å². The van der Waals surface area contributed by atoms with E-state index in [0.717, 1.165) is 17.2 Å². The first-order valence-corrected chi connectivity index (χ1v) is 11.7. The van der Waals surface area contributed by atoms with Crippen molar-refractivity contribution in [3.8, 4) is 0 Å². The van der Waals surface area contributed by atoms with Gasteiger partial charge in [-0.15, -0.1) is 10.2 Å². The summed E-state index contributed by atoms with van der Waals surface area (Å²) in [7, 11) is -1.44. The first-order chi connectivity index (χ1) is 14.3. The number of benzene rings is 1. The Labute approximate surface area is 178 Å². The molecule has 0 bridgehead atoms. The Kier molecular flexibility index (Phi) is 7.09. The minimum Gasteiger partial charge on any atom is -0.349 e. The molecular weight excluding hydrogens is 402 g/mol. The number of aliphatic imine (C=N–C) groups is 1. The molecule has 2 heterocycles. The summed E-state index contributed by atoms with van der Waals surface area (Å²) >= 11 is 0. The first kappa shape index (κ1) is 22.2. The monoisotopic (exact) mass is 433 g/mol. The van der Waals surface area contributed by atoms with E-state index in [1.54, 1.807) is 0 Å². The molecule has 9 nitrogen and oxygen atoms in total. The molecule has 1 aliphatic rings. The lowest BCUT2D eigenvalue weighted by molar-refractivity contribution is 0.484. The molecule has 1 aliphatic heterocycles. The van der Waals surface area contributed by atoms with Crippen molar-refractivity contribution in [2.45, 2.75) is 51.6 Å². The average Bonchev–Trinajstić information content (AvgIpc) is 3.31. The third-order valence-electron chi connectivity index (χ3n) is 5.12. The van der Waals surface area contributed by atoms with E-state index in [0.29, 0.717) is 38.6 Å². The molecule has 0 saturated carbocycles. The van der Waals surface area contributed by atoms with Crippen LogP contribution in [-0.2, 0) is 30.2 Å². The van der Waals surface area contributed by atoms with Crippen LogP contribution in [0, 0.1) is 6.92 Å². The Bertz CT molecular complexity index is 970. The lowest BCUT2D eigenvalue weighted by Gasteiger charge is -2.22. The van der Waals surface area contributed by atoms with Crippen molar-refractivity contribution in [1.29, 1.82) is 0 Å². The summed E-state index contributed by atoms with van der Waals surface area (Å²) < 4.78 is 29.8. The molecule has 1 unspecified atom stereocenters. The Balaban J connectivity index is 1.74. The van der Waals surface area contributed by atoms with E-state index in [2.05, 4.69) is 20.2 Å². The van der Waals surface area contributed by atoms with Gasteiger partial charge in [-0.1, -0.05) is 30.3 Å². The van der Waals surface area contributed by atoms with Gasteiger partial charge in [-0.2, -0.15) is 0 Å². The zero-order valence-electron chi connectivity index (χ0n) is 18.0. The minimum atomic E-state index is -3.36. The number of sulfonamides is 1. The predicted molar refractivity (Wildman–Crippen MR) is 117 cm³/mol. The summed E-state index contributed by atoms with van der Waals surface area (Å²) in [6.07, 6.45) is 0.567. The standard InChI is InChI=1S/C20H31N7O2S/c1-15(2)25-30(28,29)18-10-11-27(14-18)20(21-12-17-8-6-5-7-9-17)22-13-19-24-23-16(3)26(19)4/h5-9,15,18,25H,10-14H2,1-4H3,(H,21,22). The van der Waals surface area contributed by atoms with Crippen LogP contribution in [0.25, 0.3) is 0 Å². The van der Waals surface area contributed by atoms with Gasteiger partial charge in [0.2, 0.25) is 10.0 Å². The summed E-state index contributed by atoms with van der Waals surface area (Å²) in [6.45, 7) is 7.58. The summed E-state index contributed by atoms with van der Waals surface area (Å²) in [5.74, 6) is 2.31. The number of nitrogens with one attached hydrogen (secondary N) is 2. The highest BCUT2D eigenvalue weighted by Gasteiger charge is 2.34. The molecule has 0 amide bonds. The van der Waals surface area contributed by atoms with Crippen molar-refractivity contribution in [2.75, 3.05) is 13.1 Å². The van der Waals surface area contributed by atoms with E-state index in [1.165, 1.54) is 0 Å². The van der Waals surface area contributed by atoms with Crippen LogP contribution in [0.15, 0.2) is 35.3 Å². The zero-order chi connectivity index (χ0) is 21.7. The number of aryl methyl sites for hydroxylation is 1. The Morgan fingerprint density at radius 3 is 2.63 bits per heavy atom. The van der Waals surface area contributed by atoms with Crippen molar-refractivity contribution in [1.82, 2.24) is 29.7 Å². The molecule has 2 aromatic rings. The fraction of sp³-hybridized carbons (Fsp3) is 0.550. The van der Waals surface area contributed by atoms with Crippen LogP contribution < -0.4 is 10.0 Å². The van der Waals surface area contributed by atoms with E-state index in [9.17, 15) is 8.42 Å². The van der Waals surface area contributed by atoms with Crippen molar-refractivity contribution in [3.05, 3.63) is 47.5 Å². The van der Waals surface area contributed by atoms with Crippen LogP contribution in [0.1, 0.15) is 37.5 Å². The molecule has 30 heavy (non-hydrogen) atoms. The molecule has 1 saturated heterocycles. The molecule has 10 heteroatoms. The molecule has 1 fully saturated rings. The van der Waals surface area contributed by atoms with Gasteiger partial charge in [0.1, 0.15) is 5.82 Å². The van der Waals surface area contributed by atoms with Gasteiger partial charge in [0.05, 0.1) is 18.3 Å². The van der Waals surface area contributed by atoms with Crippen molar-refractivity contribution in [2.24, 2.45) is 12.0 Å². The maximum absolute atomic E-state index is 12.6. The Morgan fingerprint density at radius 1 is 1.27 bits per heavy atom. The van der Waals surface area contributed by atoms with Gasteiger partial charge >= 0.3 is 0 Å². The van der Waals surface area contributed by atoms with Crippen LogP contribution in [0.5, 0.6) is 0 Å². The minimum absolute atomic E-state index is 0.118. The van der Waals surface area contributed by atoms with Crippen molar-refractivity contribution < 1.29 is 8.42 Å². The Morgan fingerprint density at radius 2 is 2.00 bits per heavy atom. The quantitative estimate of drug-likeness (QED) is 0.502. The van der Waals surface area contributed by atoms with Crippen LogP contribution in [0.4, 0.5) is 0 Å². The number of guanidine groups is 1. The highest BCUT2D eigenvalue weighted by molar-refractivity contribution is 7.90. The van der Waals surface area contributed by atoms with E-state index in [1.807, 2.05) is 67.6 Å². The molecule has 0 radical (unpaired) electrons. The molecule has 164 valence electrons. The first-order valence-electron chi connectivity index (χ1n) is 10.2. The molecular formula is C20H31N7O2S. The van der Waals surface area contributed by atoms with Gasteiger partial charge < -0.3 is 14.8 Å². The maximum atomic E-state index is 12.6. The molecule has 1 atom stereocenters. The molecule has 0 aliphatic carbocycles. The average molecular weight is 434 g/mol. The molecule has 1 aromatic heterocycles. The molecule has 0 spiro atoms. The number of likely N-dealkylation sites (tertiary alicyclic amines) is 1. The topological polar surface area (TPSA) is 105 Å². The zero-order valence-corrected chi connectivity index (χ0v) is 18.9. The van der Waals surface area contributed by atoms with Crippen LogP contribution in [0.3, 0.4) is 0 Å². The van der Waals surface area contributed by atoms with Crippen LogP contribution in [0.2, 0.25) is 0 Å². The van der Waals surface area contributed by atoms with Gasteiger partial charge in [0, 0.05) is 26.2 Å². The normalized spacial score (nSPS) is 17.7. The number of aromatic nitrogens is 3. The van der Waals surface area contributed by atoms with Gasteiger partial charge in [-0.25, -0.2) is 18.1 Å². The molecule has 2 N–H and O–H groups in total. The highest BCUT2D eigenvalue weighted by atomic mass is 32.2. The number of hydrogen-bond acceptors (Lipinski definition) is 5. The smallest absolute Gasteiger partial charge is 0.216 e. The van der Waals surface area contributed by atoms with Crippen LogP contribution in [-0.4, -0.2) is 58.4 Å². The lowest BCUT2D eigenvalue weighted by Crippen LogP contribution is -2.43. The molecule has 3 rings (SSSR count). The predicted octanol–water partition coefficient (Wildman–Crippen LogP) is 1.17. The largest absolute Gasteiger partial charge is 0.349 e. The van der Waals surface area contributed by atoms with Gasteiger partial charge in [-0.3, -0.25) is 0 Å². The highest BCUT2D eigenvalue weighted by Crippen LogP contribution is 2.17. The third kappa shape index (κ3) is 5.57. The number of hydrogen-bond donors (Lipinski definition) is 2. The van der Waals surface area contributed by atoms with Gasteiger partial charge in [0.15, 0.2) is 11.8 Å². The Hall–Kier alpha value is -2.46. The van der Waals surface area contributed by atoms with E-state index in [4.69, 9.17) is 4.99 Å². The number of nitrogens with zero attached hydrogens (tertiary/aromatic N) is 5. The second-order valence-electron chi connectivity index (χ2n) is 7.88. The van der Waals surface area contributed by atoms with Crippen molar-refractivity contribution in [3.63, 3.8) is 0 Å². The SMILES string of the molecule is Cc1nnc(CNC(=NCc2ccccc2)N2CCC(S(=O)(=O)NC(C)C)C2)n1C. The number of rotatable bonds is 7. The van der Waals surface area contributed by atoms with Crippen LogP contribution >= 0.6 is 0 Å². The second-order valence-corrected chi connectivity index (χ2v) is 9.87. The second kappa shape index (κ2) is 9.57. The summed E-state index contributed by atoms with van der Waals surface area (Å²) in [5.41, 5.74) is 1.09. The fourth-order valence-corrected chi connectivity index (χ4v) is 5.02. The maximum Gasteiger partial charge on any atom is 0.216 e. The van der Waals surface area contributed by atoms with E-state index in [-0.39, 0.29) is 6.04 Å². The lowest BCUT2D eigenvalue weighted by atomic mass is 10.2. The summed E-state index contributed by atoms with van der Waals surface area (Å²) in [4.78, 5) is 6.77. The fourth-order valence-electron chi connectivity index (χ4n) is 3.38. The summed E-state index contributed by atoms with van der Waals surface area (Å²) in [6, 6.07) is 9.87. The van der Waals surface area contributed by atoms with Crippen molar-refractivity contribution >= 4 is 16.0 Å². The van der Waals surface area contributed by atoms with E-state index < -0.39 is 15.3 Å². The third-order valence-corrected chi connectivity index (χ3v) is 7.19. The summed E-state index contributed by atoms with van der Waals surface area (Å²) in [5, 5.41) is 11.2. The van der Waals surface area contributed by atoms with Gasteiger partial charge in [0.25, 0.3) is 0 Å². The molecule has 1 aromatic carbocycles.